The van der Waals surface area contributed by atoms with Crippen molar-refractivity contribution in [2.45, 2.75) is 19.8 Å². The Morgan fingerprint density at radius 1 is 1.64 bits per heavy atom. The Hall–Kier alpha value is -1.32. The summed E-state index contributed by atoms with van der Waals surface area (Å²) in [5.74, 6) is 0.781. The average molecular weight is 152 g/mol. The van der Waals surface area contributed by atoms with Crippen LogP contribution in [-0.2, 0) is 0 Å². The molecule has 0 unspecified atom stereocenters. The Morgan fingerprint density at radius 3 is 2.64 bits per heavy atom. The van der Waals surface area contributed by atoms with Crippen molar-refractivity contribution in [1.29, 1.82) is 5.41 Å². The van der Waals surface area contributed by atoms with E-state index in [0.717, 1.165) is 5.69 Å². The van der Waals surface area contributed by atoms with Gasteiger partial charge in [0.05, 0.1) is 11.3 Å². The molecule has 4 nitrogen and oxygen atoms in total. The van der Waals surface area contributed by atoms with E-state index in [4.69, 9.17) is 11.1 Å². The van der Waals surface area contributed by atoms with Crippen LogP contribution in [0.4, 0.5) is 5.82 Å². The molecule has 0 aliphatic rings. The van der Waals surface area contributed by atoms with Crippen LogP contribution >= 0.6 is 0 Å². The van der Waals surface area contributed by atoms with Gasteiger partial charge in [0, 0.05) is 6.21 Å². The van der Waals surface area contributed by atoms with Gasteiger partial charge in [-0.3, -0.25) is 5.10 Å². The van der Waals surface area contributed by atoms with Gasteiger partial charge in [0.15, 0.2) is 0 Å². The minimum absolute atomic E-state index is 0.306. The highest BCUT2D eigenvalue weighted by molar-refractivity contribution is 5.85. The van der Waals surface area contributed by atoms with Gasteiger partial charge in [0.25, 0.3) is 0 Å². The first-order valence-corrected chi connectivity index (χ1v) is 3.51. The van der Waals surface area contributed by atoms with Gasteiger partial charge in [-0.2, -0.15) is 5.10 Å². The molecule has 0 fully saturated rings. The van der Waals surface area contributed by atoms with Crippen molar-refractivity contribution in [3.63, 3.8) is 0 Å². The summed E-state index contributed by atoms with van der Waals surface area (Å²) in [6.45, 7) is 4.03. The molecule has 0 atom stereocenters. The SMILES string of the molecule is CC(C)c1n[nH]c(N)c1C=N. The normalized spacial score (nSPS) is 10.5. The number of aromatic nitrogens is 2. The van der Waals surface area contributed by atoms with Crippen molar-refractivity contribution in [3.05, 3.63) is 11.3 Å². The Labute approximate surface area is 65.3 Å². The average Bonchev–Trinajstić information content (AvgIpc) is 2.30. The zero-order chi connectivity index (χ0) is 8.43. The van der Waals surface area contributed by atoms with Gasteiger partial charge in [0.2, 0.25) is 0 Å². The van der Waals surface area contributed by atoms with E-state index in [1.807, 2.05) is 13.8 Å². The number of H-pyrrole nitrogens is 1. The monoisotopic (exact) mass is 152 g/mol. The van der Waals surface area contributed by atoms with E-state index in [2.05, 4.69) is 10.2 Å². The molecular weight excluding hydrogens is 140 g/mol. The molecule has 0 aromatic carbocycles. The molecule has 0 aliphatic carbocycles. The number of nitrogens with two attached hydrogens (primary N) is 1. The lowest BCUT2D eigenvalue weighted by molar-refractivity contribution is 0.809. The number of aromatic amines is 1. The molecular formula is C7H12N4. The van der Waals surface area contributed by atoms with E-state index in [0.29, 0.717) is 17.3 Å². The Morgan fingerprint density at radius 2 is 2.27 bits per heavy atom. The largest absolute Gasteiger partial charge is 0.384 e. The quantitative estimate of drug-likeness (QED) is 0.555. The zero-order valence-electron chi connectivity index (χ0n) is 6.68. The number of rotatable bonds is 2. The van der Waals surface area contributed by atoms with Crippen LogP contribution in [0.25, 0.3) is 0 Å². The second-order valence-electron chi connectivity index (χ2n) is 2.74. The van der Waals surface area contributed by atoms with Gasteiger partial charge < -0.3 is 11.1 Å². The maximum absolute atomic E-state index is 7.07. The summed E-state index contributed by atoms with van der Waals surface area (Å²) in [6.07, 6.45) is 1.23. The molecule has 0 radical (unpaired) electrons. The summed E-state index contributed by atoms with van der Waals surface area (Å²) in [5, 5.41) is 13.7. The molecule has 0 bridgehead atoms. The molecule has 0 aliphatic heterocycles. The van der Waals surface area contributed by atoms with Crippen molar-refractivity contribution in [3.8, 4) is 0 Å². The van der Waals surface area contributed by atoms with Gasteiger partial charge in [-0.05, 0) is 5.92 Å². The third kappa shape index (κ3) is 1.24. The van der Waals surface area contributed by atoms with Gasteiger partial charge in [-0.1, -0.05) is 13.8 Å². The lowest BCUT2D eigenvalue weighted by Gasteiger charge is -1.99. The fraction of sp³-hybridized carbons (Fsp3) is 0.429. The highest BCUT2D eigenvalue weighted by Crippen LogP contribution is 2.18. The Balaban J connectivity index is 3.15. The molecule has 0 spiro atoms. The molecule has 1 heterocycles. The first kappa shape index (κ1) is 7.78. The molecule has 11 heavy (non-hydrogen) atoms. The summed E-state index contributed by atoms with van der Waals surface area (Å²) in [7, 11) is 0. The fourth-order valence-corrected chi connectivity index (χ4v) is 0.971. The zero-order valence-corrected chi connectivity index (χ0v) is 6.68. The van der Waals surface area contributed by atoms with Gasteiger partial charge in [-0.25, -0.2) is 0 Å². The van der Waals surface area contributed by atoms with Crippen molar-refractivity contribution in [2.24, 2.45) is 0 Å². The summed E-state index contributed by atoms with van der Waals surface area (Å²) in [4.78, 5) is 0. The third-order valence-corrected chi connectivity index (χ3v) is 1.55. The molecule has 60 valence electrons. The smallest absolute Gasteiger partial charge is 0.128 e. The number of hydrogen-bond acceptors (Lipinski definition) is 3. The standard InChI is InChI=1S/C7H12N4/c1-4(2)6-5(3-8)7(9)11-10-6/h3-4,8H,1-2H3,(H3,9,10,11). The highest BCUT2D eigenvalue weighted by atomic mass is 15.2. The molecule has 4 heteroatoms. The van der Waals surface area contributed by atoms with E-state index in [1.165, 1.54) is 6.21 Å². The first-order valence-electron chi connectivity index (χ1n) is 3.51. The molecule has 1 aromatic rings. The van der Waals surface area contributed by atoms with Crippen LogP contribution in [0, 0.1) is 5.41 Å². The van der Waals surface area contributed by atoms with Gasteiger partial charge in [0.1, 0.15) is 5.82 Å². The van der Waals surface area contributed by atoms with Crippen LogP contribution in [0.15, 0.2) is 0 Å². The molecule has 1 rings (SSSR count). The van der Waals surface area contributed by atoms with Crippen LogP contribution in [0.3, 0.4) is 0 Å². The lowest BCUT2D eigenvalue weighted by atomic mass is 10.1. The van der Waals surface area contributed by atoms with Crippen molar-refractivity contribution in [1.82, 2.24) is 10.2 Å². The lowest BCUT2D eigenvalue weighted by Crippen LogP contribution is -1.95. The number of anilines is 1. The second kappa shape index (κ2) is 2.74. The summed E-state index contributed by atoms with van der Waals surface area (Å²) in [5.41, 5.74) is 7.09. The van der Waals surface area contributed by atoms with Gasteiger partial charge in [-0.15, -0.1) is 0 Å². The predicted molar refractivity (Wildman–Crippen MR) is 45.0 cm³/mol. The van der Waals surface area contributed by atoms with Crippen molar-refractivity contribution < 1.29 is 0 Å². The van der Waals surface area contributed by atoms with Crippen LogP contribution in [0.5, 0.6) is 0 Å². The summed E-state index contributed by atoms with van der Waals surface area (Å²) < 4.78 is 0. The van der Waals surface area contributed by atoms with E-state index in [-0.39, 0.29) is 0 Å². The van der Waals surface area contributed by atoms with Crippen LogP contribution in [0.1, 0.15) is 31.0 Å². The van der Waals surface area contributed by atoms with Crippen molar-refractivity contribution >= 4 is 12.0 Å². The van der Waals surface area contributed by atoms with Crippen molar-refractivity contribution in [2.75, 3.05) is 5.73 Å². The topological polar surface area (TPSA) is 78.6 Å². The maximum atomic E-state index is 7.07. The third-order valence-electron chi connectivity index (χ3n) is 1.55. The van der Waals surface area contributed by atoms with E-state index in [1.54, 1.807) is 0 Å². The fourth-order valence-electron chi connectivity index (χ4n) is 0.971. The van der Waals surface area contributed by atoms with Gasteiger partial charge >= 0.3 is 0 Å². The number of nitrogen functional groups attached to an aromatic ring is 1. The first-order chi connectivity index (χ1) is 5.16. The molecule has 0 saturated carbocycles. The minimum atomic E-state index is 0.306. The highest BCUT2D eigenvalue weighted by Gasteiger charge is 2.10. The Bertz CT molecular complexity index is 261. The van der Waals surface area contributed by atoms with Crippen LogP contribution in [0.2, 0.25) is 0 Å². The second-order valence-corrected chi connectivity index (χ2v) is 2.74. The number of nitrogens with zero attached hydrogens (tertiary/aromatic N) is 1. The molecule has 0 saturated heterocycles. The van der Waals surface area contributed by atoms with E-state index < -0.39 is 0 Å². The summed E-state index contributed by atoms with van der Waals surface area (Å²) >= 11 is 0. The van der Waals surface area contributed by atoms with Crippen LogP contribution < -0.4 is 5.73 Å². The number of hydrogen-bond donors (Lipinski definition) is 3. The minimum Gasteiger partial charge on any atom is -0.384 e. The number of nitrogens with one attached hydrogen (secondary N) is 2. The predicted octanol–water partition coefficient (Wildman–Crippen LogP) is 1.11. The summed E-state index contributed by atoms with van der Waals surface area (Å²) in [6, 6.07) is 0. The maximum Gasteiger partial charge on any atom is 0.128 e. The molecule has 0 amide bonds. The van der Waals surface area contributed by atoms with Crippen LogP contribution in [-0.4, -0.2) is 16.4 Å². The molecule has 1 aromatic heterocycles. The van der Waals surface area contributed by atoms with E-state index in [9.17, 15) is 0 Å². The Kier molecular flexibility index (Phi) is 1.94. The molecule has 4 N–H and O–H groups in total. The van der Waals surface area contributed by atoms with E-state index >= 15 is 0 Å².